The van der Waals surface area contributed by atoms with Gasteiger partial charge in [-0.2, -0.15) is 0 Å². The molecule has 4 rings (SSSR count). The fourth-order valence-electron chi connectivity index (χ4n) is 3.26. The van der Waals surface area contributed by atoms with Crippen molar-refractivity contribution >= 4 is 21.4 Å². The van der Waals surface area contributed by atoms with Crippen LogP contribution in [-0.4, -0.2) is 21.3 Å². The van der Waals surface area contributed by atoms with Gasteiger partial charge in [0.15, 0.2) is 0 Å². The lowest BCUT2D eigenvalue weighted by molar-refractivity contribution is 0.411. The molecule has 0 radical (unpaired) electrons. The molecule has 4 aromatic rings. The molecule has 28 heavy (non-hydrogen) atoms. The molecule has 0 saturated heterocycles. The molecule has 5 heteroatoms. The second kappa shape index (κ2) is 7.52. The van der Waals surface area contributed by atoms with Crippen LogP contribution in [0.1, 0.15) is 0 Å². The molecule has 3 nitrogen and oxygen atoms in total. The first-order chi connectivity index (χ1) is 13.6. The molecule has 0 N–H and O–H groups in total. The van der Waals surface area contributed by atoms with E-state index in [-0.39, 0.29) is 5.82 Å². The maximum Gasteiger partial charge on any atom is 0.134 e. The average Bonchev–Trinajstić information content (AvgIpc) is 3.12. The maximum absolute atomic E-state index is 15.0. The smallest absolute Gasteiger partial charge is 0.134 e. The third-order valence-corrected chi connectivity index (χ3v) is 5.89. The summed E-state index contributed by atoms with van der Waals surface area (Å²) in [7, 11) is 4.80. The van der Waals surface area contributed by atoms with E-state index in [4.69, 9.17) is 14.2 Å². The molecule has 0 bridgehead atoms. The molecule has 0 aliphatic rings. The van der Waals surface area contributed by atoms with Crippen LogP contribution < -0.4 is 14.2 Å². The van der Waals surface area contributed by atoms with Gasteiger partial charge in [0.25, 0.3) is 0 Å². The minimum atomic E-state index is -0.328. The van der Waals surface area contributed by atoms with Crippen molar-refractivity contribution < 1.29 is 18.6 Å². The van der Waals surface area contributed by atoms with Gasteiger partial charge in [0.05, 0.1) is 21.3 Å². The Bertz CT molecular complexity index is 1150. The van der Waals surface area contributed by atoms with Gasteiger partial charge < -0.3 is 14.2 Å². The Labute approximate surface area is 166 Å². The van der Waals surface area contributed by atoms with Gasteiger partial charge in [-0.05, 0) is 48.0 Å². The van der Waals surface area contributed by atoms with E-state index in [0.717, 1.165) is 37.6 Å². The second-order valence-electron chi connectivity index (χ2n) is 6.25. The van der Waals surface area contributed by atoms with E-state index < -0.39 is 0 Å². The fourth-order valence-corrected chi connectivity index (χ4v) is 4.46. The number of fused-ring (bicyclic) bond motifs is 1. The Kier molecular flexibility index (Phi) is 4.92. The minimum Gasteiger partial charge on any atom is -0.497 e. The van der Waals surface area contributed by atoms with Crippen molar-refractivity contribution in [3.05, 3.63) is 66.5 Å². The van der Waals surface area contributed by atoms with Crippen LogP contribution in [0.25, 0.3) is 31.7 Å². The largest absolute Gasteiger partial charge is 0.497 e. The third kappa shape index (κ3) is 3.18. The number of hydrogen-bond donors (Lipinski definition) is 0. The number of methoxy groups -OCH3 is 3. The molecule has 0 fully saturated rings. The Morgan fingerprint density at radius 2 is 1.43 bits per heavy atom. The van der Waals surface area contributed by atoms with Gasteiger partial charge >= 0.3 is 0 Å². The van der Waals surface area contributed by atoms with Crippen LogP contribution in [0.5, 0.6) is 17.2 Å². The molecular formula is C23H19FO3S. The van der Waals surface area contributed by atoms with Gasteiger partial charge in [0, 0.05) is 32.2 Å². The third-order valence-electron chi connectivity index (χ3n) is 4.67. The molecule has 1 heterocycles. The summed E-state index contributed by atoms with van der Waals surface area (Å²) < 4.78 is 32.0. The Morgan fingerprint density at radius 1 is 0.750 bits per heavy atom. The number of hydrogen-bond acceptors (Lipinski definition) is 4. The van der Waals surface area contributed by atoms with E-state index >= 15 is 4.39 Å². The summed E-state index contributed by atoms with van der Waals surface area (Å²) >= 11 is 1.62. The van der Waals surface area contributed by atoms with Crippen LogP contribution in [0.2, 0.25) is 0 Å². The number of halogens is 1. The zero-order valence-corrected chi connectivity index (χ0v) is 16.6. The van der Waals surface area contributed by atoms with E-state index in [1.807, 2.05) is 42.5 Å². The molecule has 0 aliphatic heterocycles. The van der Waals surface area contributed by atoms with Crippen molar-refractivity contribution in [2.24, 2.45) is 0 Å². The molecule has 0 atom stereocenters. The zero-order chi connectivity index (χ0) is 19.7. The number of thiophene rings is 1. The highest BCUT2D eigenvalue weighted by Crippen LogP contribution is 2.47. The van der Waals surface area contributed by atoms with Crippen LogP contribution in [0.3, 0.4) is 0 Å². The Morgan fingerprint density at radius 3 is 2.14 bits per heavy atom. The average molecular weight is 394 g/mol. The van der Waals surface area contributed by atoms with Gasteiger partial charge in [-0.3, -0.25) is 0 Å². The minimum absolute atomic E-state index is 0.328. The summed E-state index contributed by atoms with van der Waals surface area (Å²) in [6.45, 7) is 0. The molecule has 0 aliphatic carbocycles. The van der Waals surface area contributed by atoms with Crippen molar-refractivity contribution in [2.75, 3.05) is 21.3 Å². The molecule has 3 aromatic carbocycles. The molecule has 0 saturated carbocycles. The number of ether oxygens (including phenoxy) is 3. The summed E-state index contributed by atoms with van der Waals surface area (Å²) in [5, 5.41) is 0.950. The quantitative estimate of drug-likeness (QED) is 0.392. The van der Waals surface area contributed by atoms with Crippen LogP contribution in [0.15, 0.2) is 60.7 Å². The van der Waals surface area contributed by atoms with Crippen molar-refractivity contribution in [1.29, 1.82) is 0 Å². The van der Waals surface area contributed by atoms with Gasteiger partial charge in [-0.15, -0.1) is 11.3 Å². The maximum atomic E-state index is 15.0. The molecule has 0 spiro atoms. The summed E-state index contributed by atoms with van der Waals surface area (Å²) in [5.74, 6) is 1.65. The predicted octanol–water partition coefficient (Wildman–Crippen LogP) is 6.40. The second-order valence-corrected chi connectivity index (χ2v) is 7.30. The lowest BCUT2D eigenvalue weighted by Gasteiger charge is -2.10. The Hall–Kier alpha value is -3.05. The van der Waals surface area contributed by atoms with Crippen LogP contribution in [0, 0.1) is 5.82 Å². The van der Waals surface area contributed by atoms with Gasteiger partial charge in [0.1, 0.15) is 23.1 Å². The number of rotatable bonds is 5. The van der Waals surface area contributed by atoms with Crippen LogP contribution in [-0.2, 0) is 0 Å². The van der Waals surface area contributed by atoms with E-state index in [2.05, 4.69) is 0 Å². The lowest BCUT2D eigenvalue weighted by Crippen LogP contribution is -1.90. The number of benzene rings is 3. The summed E-state index contributed by atoms with van der Waals surface area (Å²) in [6.07, 6.45) is 0. The van der Waals surface area contributed by atoms with Crippen LogP contribution >= 0.6 is 11.3 Å². The van der Waals surface area contributed by atoms with E-state index in [1.165, 1.54) is 13.2 Å². The van der Waals surface area contributed by atoms with Crippen molar-refractivity contribution in [3.63, 3.8) is 0 Å². The fraction of sp³-hybridized carbons (Fsp3) is 0.130. The van der Waals surface area contributed by atoms with Crippen molar-refractivity contribution in [1.82, 2.24) is 0 Å². The first-order valence-corrected chi connectivity index (χ1v) is 9.55. The highest BCUT2D eigenvalue weighted by atomic mass is 32.1. The molecule has 0 amide bonds. The monoisotopic (exact) mass is 394 g/mol. The summed E-state index contributed by atoms with van der Waals surface area (Å²) in [6, 6.07) is 18.6. The molecule has 0 unspecified atom stereocenters. The normalized spacial score (nSPS) is 10.9. The van der Waals surface area contributed by atoms with Gasteiger partial charge in [-0.1, -0.05) is 12.1 Å². The zero-order valence-electron chi connectivity index (χ0n) is 15.8. The highest BCUT2D eigenvalue weighted by Gasteiger charge is 2.20. The first kappa shape index (κ1) is 18.3. The standard InChI is InChI=1S/C23H19FO3S/c1-25-15-6-4-5-14(11-15)23-22(18-9-7-17(27-3)13-20(18)24)19-12-16(26-2)8-10-21(19)28-23/h4-13H,1-3H3. The molecular weight excluding hydrogens is 375 g/mol. The Balaban J connectivity index is 2.03. The van der Waals surface area contributed by atoms with E-state index in [0.29, 0.717) is 11.3 Å². The van der Waals surface area contributed by atoms with E-state index in [1.54, 1.807) is 37.7 Å². The summed E-state index contributed by atoms with van der Waals surface area (Å²) in [5.41, 5.74) is 2.34. The van der Waals surface area contributed by atoms with Crippen molar-refractivity contribution in [2.45, 2.75) is 0 Å². The van der Waals surface area contributed by atoms with E-state index in [9.17, 15) is 0 Å². The van der Waals surface area contributed by atoms with Gasteiger partial charge in [0.2, 0.25) is 0 Å². The highest BCUT2D eigenvalue weighted by molar-refractivity contribution is 7.23. The lowest BCUT2D eigenvalue weighted by atomic mass is 9.98. The first-order valence-electron chi connectivity index (χ1n) is 8.73. The van der Waals surface area contributed by atoms with Crippen LogP contribution in [0.4, 0.5) is 4.39 Å². The molecule has 142 valence electrons. The SMILES string of the molecule is COc1cccc(-c2sc3ccc(OC)cc3c2-c2ccc(OC)cc2F)c1. The predicted molar refractivity (Wildman–Crippen MR) is 112 cm³/mol. The van der Waals surface area contributed by atoms with Crippen molar-refractivity contribution in [3.8, 4) is 38.8 Å². The molecule has 1 aromatic heterocycles. The topological polar surface area (TPSA) is 27.7 Å². The summed E-state index contributed by atoms with van der Waals surface area (Å²) in [4.78, 5) is 0.978. The van der Waals surface area contributed by atoms with Gasteiger partial charge in [-0.25, -0.2) is 4.39 Å².